The minimum absolute atomic E-state index is 0.00292. The summed E-state index contributed by atoms with van der Waals surface area (Å²) in [6.45, 7) is 5.98. The Labute approximate surface area is 143 Å². The molecular weight excluding hydrogens is 310 g/mol. The average Bonchev–Trinajstić information content (AvgIpc) is 2.93. The van der Waals surface area contributed by atoms with Crippen molar-refractivity contribution in [3.63, 3.8) is 0 Å². The van der Waals surface area contributed by atoms with Gasteiger partial charge in [0.15, 0.2) is 11.4 Å². The standard InChI is InChI=1S/C17H29N3O2S/c1-13-6-5-7-15(12-13)20-14(2)18-19-17(20)23-11-10-22-16-8-3-4-9-21-16/h13,15-16H,3-12H2,1-2H3/t13-,15+,16-/m1/s1. The van der Waals surface area contributed by atoms with E-state index in [-0.39, 0.29) is 6.29 Å². The molecule has 0 unspecified atom stereocenters. The van der Waals surface area contributed by atoms with Gasteiger partial charge in [-0.2, -0.15) is 0 Å². The van der Waals surface area contributed by atoms with Gasteiger partial charge in [-0.1, -0.05) is 31.5 Å². The Morgan fingerprint density at radius 3 is 2.91 bits per heavy atom. The molecule has 0 N–H and O–H groups in total. The normalized spacial score (nSPS) is 28.9. The molecule has 0 amide bonds. The van der Waals surface area contributed by atoms with Crippen LogP contribution in [0.4, 0.5) is 0 Å². The lowest BCUT2D eigenvalue weighted by atomic mass is 9.87. The Kier molecular flexibility index (Phi) is 6.36. The van der Waals surface area contributed by atoms with Crippen LogP contribution in [-0.4, -0.2) is 40.0 Å². The molecule has 2 fully saturated rings. The monoisotopic (exact) mass is 339 g/mol. The molecule has 3 atom stereocenters. The summed E-state index contributed by atoms with van der Waals surface area (Å²) in [4.78, 5) is 0. The highest BCUT2D eigenvalue weighted by atomic mass is 32.2. The summed E-state index contributed by atoms with van der Waals surface area (Å²) in [5, 5.41) is 9.75. The smallest absolute Gasteiger partial charge is 0.191 e. The number of aromatic nitrogens is 3. The summed E-state index contributed by atoms with van der Waals surface area (Å²) in [6.07, 6.45) is 8.58. The van der Waals surface area contributed by atoms with Crippen molar-refractivity contribution in [2.75, 3.05) is 19.0 Å². The van der Waals surface area contributed by atoms with Gasteiger partial charge in [0.2, 0.25) is 0 Å². The van der Waals surface area contributed by atoms with Gasteiger partial charge < -0.3 is 14.0 Å². The van der Waals surface area contributed by atoms with Gasteiger partial charge in [0.1, 0.15) is 5.82 Å². The number of ether oxygens (including phenoxy) is 2. The molecule has 2 heterocycles. The summed E-state index contributed by atoms with van der Waals surface area (Å²) in [5.74, 6) is 2.75. The SMILES string of the molecule is Cc1nnc(SCCO[C@@H]2CCCCO2)n1[C@H]1CCC[C@@H](C)C1. The van der Waals surface area contributed by atoms with E-state index in [4.69, 9.17) is 9.47 Å². The molecule has 5 nitrogen and oxygen atoms in total. The maximum absolute atomic E-state index is 5.81. The number of aryl methyl sites for hydroxylation is 1. The molecule has 1 aliphatic heterocycles. The molecule has 0 spiro atoms. The zero-order chi connectivity index (χ0) is 16.1. The second-order valence-electron chi connectivity index (χ2n) is 6.84. The van der Waals surface area contributed by atoms with Crippen LogP contribution in [0.25, 0.3) is 0 Å². The Hall–Kier alpha value is -0.590. The molecule has 130 valence electrons. The van der Waals surface area contributed by atoms with Gasteiger partial charge in [0.05, 0.1) is 6.61 Å². The van der Waals surface area contributed by atoms with Gasteiger partial charge in [-0.3, -0.25) is 0 Å². The van der Waals surface area contributed by atoms with Crippen LogP contribution >= 0.6 is 11.8 Å². The summed E-state index contributed by atoms with van der Waals surface area (Å²) < 4.78 is 13.8. The summed E-state index contributed by atoms with van der Waals surface area (Å²) in [7, 11) is 0. The number of nitrogens with zero attached hydrogens (tertiary/aromatic N) is 3. The number of thioether (sulfide) groups is 1. The molecule has 0 bridgehead atoms. The topological polar surface area (TPSA) is 49.2 Å². The number of rotatable bonds is 6. The van der Waals surface area contributed by atoms with E-state index in [1.807, 2.05) is 0 Å². The van der Waals surface area contributed by atoms with Gasteiger partial charge in [0.25, 0.3) is 0 Å². The Balaban J connectivity index is 1.49. The molecule has 2 aliphatic rings. The molecule has 1 saturated carbocycles. The predicted octanol–water partition coefficient (Wildman–Crippen LogP) is 3.97. The highest BCUT2D eigenvalue weighted by Crippen LogP contribution is 2.35. The molecular formula is C17H29N3O2S. The highest BCUT2D eigenvalue weighted by Gasteiger charge is 2.24. The van der Waals surface area contributed by atoms with E-state index >= 15 is 0 Å². The summed E-state index contributed by atoms with van der Waals surface area (Å²) in [6, 6.07) is 0.568. The molecule has 3 rings (SSSR count). The third kappa shape index (κ3) is 4.70. The maximum Gasteiger partial charge on any atom is 0.191 e. The van der Waals surface area contributed by atoms with Crippen LogP contribution in [-0.2, 0) is 9.47 Å². The van der Waals surface area contributed by atoms with E-state index in [1.165, 1.54) is 32.1 Å². The van der Waals surface area contributed by atoms with Crippen molar-refractivity contribution in [2.45, 2.75) is 76.3 Å². The van der Waals surface area contributed by atoms with Gasteiger partial charge in [-0.25, -0.2) is 0 Å². The van der Waals surface area contributed by atoms with Crippen molar-refractivity contribution < 1.29 is 9.47 Å². The molecule has 1 aliphatic carbocycles. The van der Waals surface area contributed by atoms with Crippen LogP contribution in [0.5, 0.6) is 0 Å². The van der Waals surface area contributed by atoms with Crippen molar-refractivity contribution in [3.8, 4) is 0 Å². The third-order valence-corrected chi connectivity index (χ3v) is 5.77. The Morgan fingerprint density at radius 2 is 2.13 bits per heavy atom. The zero-order valence-electron chi connectivity index (χ0n) is 14.4. The first-order valence-corrected chi connectivity index (χ1v) is 10.00. The minimum Gasteiger partial charge on any atom is -0.353 e. The molecule has 0 aromatic carbocycles. The Morgan fingerprint density at radius 1 is 1.22 bits per heavy atom. The first kappa shape index (κ1) is 17.2. The summed E-state index contributed by atoms with van der Waals surface area (Å²) in [5.41, 5.74) is 0. The van der Waals surface area contributed by atoms with Crippen LogP contribution in [0.2, 0.25) is 0 Å². The fourth-order valence-corrected chi connectivity index (χ4v) is 4.54. The van der Waals surface area contributed by atoms with Crippen LogP contribution < -0.4 is 0 Å². The first-order valence-electron chi connectivity index (χ1n) is 9.01. The first-order chi connectivity index (χ1) is 11.2. The quantitative estimate of drug-likeness (QED) is 0.580. The van der Waals surface area contributed by atoms with E-state index in [0.717, 1.165) is 42.1 Å². The van der Waals surface area contributed by atoms with Crippen molar-refractivity contribution in [2.24, 2.45) is 5.92 Å². The van der Waals surface area contributed by atoms with E-state index in [2.05, 4.69) is 28.6 Å². The van der Waals surface area contributed by atoms with Gasteiger partial charge in [-0.05, 0) is 44.9 Å². The van der Waals surface area contributed by atoms with Crippen LogP contribution in [0, 0.1) is 12.8 Å². The second-order valence-corrected chi connectivity index (χ2v) is 7.90. The molecule has 1 aromatic rings. The largest absolute Gasteiger partial charge is 0.353 e. The third-order valence-electron chi connectivity index (χ3n) is 4.86. The number of hydrogen-bond donors (Lipinski definition) is 0. The van der Waals surface area contributed by atoms with Crippen molar-refractivity contribution in [1.29, 1.82) is 0 Å². The molecule has 23 heavy (non-hydrogen) atoms. The van der Waals surface area contributed by atoms with Gasteiger partial charge in [-0.15, -0.1) is 10.2 Å². The summed E-state index contributed by atoms with van der Waals surface area (Å²) >= 11 is 1.76. The van der Waals surface area contributed by atoms with Crippen LogP contribution in [0.15, 0.2) is 5.16 Å². The lowest BCUT2D eigenvalue weighted by Crippen LogP contribution is -2.23. The predicted molar refractivity (Wildman–Crippen MR) is 91.7 cm³/mol. The fourth-order valence-electron chi connectivity index (χ4n) is 3.66. The molecule has 1 saturated heterocycles. The zero-order valence-corrected chi connectivity index (χ0v) is 15.2. The number of hydrogen-bond acceptors (Lipinski definition) is 5. The van der Waals surface area contributed by atoms with E-state index in [9.17, 15) is 0 Å². The van der Waals surface area contributed by atoms with Crippen LogP contribution in [0.3, 0.4) is 0 Å². The minimum atomic E-state index is 0.00292. The van der Waals surface area contributed by atoms with E-state index in [1.54, 1.807) is 11.8 Å². The van der Waals surface area contributed by atoms with Crippen molar-refractivity contribution in [3.05, 3.63) is 5.82 Å². The van der Waals surface area contributed by atoms with Crippen molar-refractivity contribution >= 4 is 11.8 Å². The lowest BCUT2D eigenvalue weighted by Gasteiger charge is -2.29. The lowest BCUT2D eigenvalue weighted by molar-refractivity contribution is -0.158. The van der Waals surface area contributed by atoms with E-state index in [0.29, 0.717) is 12.6 Å². The van der Waals surface area contributed by atoms with Gasteiger partial charge in [0, 0.05) is 18.4 Å². The fraction of sp³-hybridized carbons (Fsp3) is 0.882. The second kappa shape index (κ2) is 8.49. The van der Waals surface area contributed by atoms with Crippen molar-refractivity contribution in [1.82, 2.24) is 14.8 Å². The van der Waals surface area contributed by atoms with Crippen LogP contribution in [0.1, 0.15) is 63.7 Å². The maximum atomic E-state index is 5.81. The molecule has 0 radical (unpaired) electrons. The van der Waals surface area contributed by atoms with Gasteiger partial charge >= 0.3 is 0 Å². The molecule has 1 aromatic heterocycles. The Bertz CT molecular complexity index is 488. The highest BCUT2D eigenvalue weighted by molar-refractivity contribution is 7.99. The molecule has 6 heteroatoms. The average molecular weight is 340 g/mol. The van der Waals surface area contributed by atoms with E-state index < -0.39 is 0 Å².